The van der Waals surface area contributed by atoms with Crippen LogP contribution < -0.4 is 15.9 Å². The summed E-state index contributed by atoms with van der Waals surface area (Å²) in [7, 11) is 1.65. The van der Waals surface area contributed by atoms with E-state index < -0.39 is 0 Å². The Balaban J connectivity index is 0.000000231. The molecule has 1 aromatic heterocycles. The van der Waals surface area contributed by atoms with Gasteiger partial charge in [0.15, 0.2) is 0 Å². The van der Waals surface area contributed by atoms with Gasteiger partial charge in [0.2, 0.25) is 5.96 Å². The fourth-order valence-corrected chi connectivity index (χ4v) is 5.02. The van der Waals surface area contributed by atoms with Gasteiger partial charge in [0.1, 0.15) is 11.5 Å². The van der Waals surface area contributed by atoms with Gasteiger partial charge < -0.3 is 15.5 Å². The van der Waals surface area contributed by atoms with Crippen LogP contribution in [0, 0.1) is 16.7 Å². The second kappa shape index (κ2) is 10.4. The van der Waals surface area contributed by atoms with E-state index in [0.29, 0.717) is 17.7 Å². The van der Waals surface area contributed by atoms with E-state index in [9.17, 15) is 4.79 Å². The number of benzene rings is 1. The molecule has 33 heavy (non-hydrogen) atoms. The number of H-pyrrole nitrogens is 1. The monoisotopic (exact) mass is 453 g/mol. The topological polar surface area (TPSA) is 105 Å². The maximum absolute atomic E-state index is 11.6. The number of hydrazone groups is 1. The lowest BCUT2D eigenvalue weighted by molar-refractivity contribution is -0.128. The van der Waals surface area contributed by atoms with Crippen LogP contribution in [-0.4, -0.2) is 36.6 Å². The van der Waals surface area contributed by atoms with Crippen molar-refractivity contribution in [3.8, 4) is 5.75 Å². The minimum absolute atomic E-state index is 0.0255. The summed E-state index contributed by atoms with van der Waals surface area (Å²) in [5.41, 5.74) is 10.8. The van der Waals surface area contributed by atoms with Crippen molar-refractivity contribution < 1.29 is 9.53 Å². The molecule has 7 nitrogen and oxygen atoms in total. The molecular formula is C26H39N5O2. The van der Waals surface area contributed by atoms with E-state index in [-0.39, 0.29) is 10.8 Å². The van der Waals surface area contributed by atoms with Crippen molar-refractivity contribution in [1.82, 2.24) is 10.4 Å². The average Bonchev–Trinajstić information content (AvgIpc) is 3.35. The first-order valence-electron chi connectivity index (χ1n) is 12.0. The molecule has 0 saturated heterocycles. The third kappa shape index (κ3) is 5.23. The fraction of sp³-hybridized carbons (Fsp3) is 0.577. The number of hydrogen-bond donors (Lipinski definition) is 3. The lowest BCUT2D eigenvalue weighted by atomic mass is 9.70. The van der Waals surface area contributed by atoms with Crippen LogP contribution in [-0.2, 0) is 4.79 Å². The van der Waals surface area contributed by atoms with Crippen molar-refractivity contribution in [3.05, 3.63) is 30.0 Å². The zero-order valence-electron chi connectivity index (χ0n) is 20.7. The van der Waals surface area contributed by atoms with Gasteiger partial charge in [-0.1, -0.05) is 40.5 Å². The Hall–Kier alpha value is -2.83. The predicted octanol–water partition coefficient (Wildman–Crippen LogP) is 5.01. The fourth-order valence-electron chi connectivity index (χ4n) is 5.02. The minimum atomic E-state index is 0.0255. The molecule has 7 heteroatoms. The number of aliphatic imine (C=N–C) groups is 1. The van der Waals surface area contributed by atoms with E-state index >= 15 is 0 Å². The number of guanidine groups is 1. The van der Waals surface area contributed by atoms with E-state index in [1.165, 1.54) is 12.8 Å². The van der Waals surface area contributed by atoms with Gasteiger partial charge in [-0.05, 0) is 48.8 Å². The van der Waals surface area contributed by atoms with Gasteiger partial charge >= 0.3 is 0 Å². The van der Waals surface area contributed by atoms with Gasteiger partial charge in [-0.15, -0.1) is 0 Å². The molecule has 0 radical (unpaired) electrons. The number of carbonyl (C=O) groups is 1. The molecule has 2 unspecified atom stereocenters. The molecule has 2 fully saturated rings. The number of ether oxygens (including phenoxy) is 1. The van der Waals surface area contributed by atoms with Gasteiger partial charge in [0.05, 0.1) is 13.3 Å². The highest BCUT2D eigenvalue weighted by molar-refractivity contribution is 5.99. The van der Waals surface area contributed by atoms with Crippen molar-refractivity contribution in [2.24, 2.45) is 32.6 Å². The molecule has 2 aliphatic carbocycles. The number of nitrogens with zero attached hydrogens (tertiary/aromatic N) is 2. The van der Waals surface area contributed by atoms with E-state index in [0.717, 1.165) is 54.4 Å². The summed E-state index contributed by atoms with van der Waals surface area (Å²) in [6.45, 7) is 9.56. The summed E-state index contributed by atoms with van der Waals surface area (Å²) in [5.74, 6) is 2.34. The summed E-state index contributed by atoms with van der Waals surface area (Å²) < 4.78 is 5.24. The Morgan fingerprint density at radius 3 is 2.70 bits per heavy atom. The molecule has 2 bridgehead atoms. The maximum Gasteiger partial charge on any atom is 0.209 e. The third-order valence-corrected chi connectivity index (χ3v) is 7.83. The number of ketones is 1. The second-order valence-electron chi connectivity index (χ2n) is 9.92. The van der Waals surface area contributed by atoms with Crippen LogP contribution in [0.4, 0.5) is 0 Å². The lowest BCUT2D eigenvalue weighted by Gasteiger charge is -2.32. The van der Waals surface area contributed by atoms with Crippen molar-refractivity contribution in [3.63, 3.8) is 0 Å². The van der Waals surface area contributed by atoms with Crippen LogP contribution in [0.1, 0.15) is 71.8 Å². The molecule has 2 aromatic rings. The summed E-state index contributed by atoms with van der Waals surface area (Å²) >= 11 is 0. The van der Waals surface area contributed by atoms with Crippen molar-refractivity contribution in [2.45, 2.75) is 66.2 Å². The smallest absolute Gasteiger partial charge is 0.209 e. The van der Waals surface area contributed by atoms with Crippen molar-refractivity contribution in [1.29, 1.82) is 0 Å². The summed E-state index contributed by atoms with van der Waals surface area (Å²) in [5, 5.41) is 5.17. The predicted molar refractivity (Wildman–Crippen MR) is 136 cm³/mol. The summed E-state index contributed by atoms with van der Waals surface area (Å²) in [6, 6.07) is 5.86. The SMILES string of the molecule is CC12CCC(CC1=O)C2(C)C.CCCCCN=C(N)N/N=C/c1c[nH]c2ccc(OC)cc12. The number of unbranched alkanes of at least 4 members (excludes halogenated alkanes) is 2. The Labute approximate surface area is 197 Å². The Kier molecular flexibility index (Phi) is 7.82. The average molecular weight is 454 g/mol. The first-order chi connectivity index (χ1) is 15.7. The number of aromatic nitrogens is 1. The molecule has 0 amide bonds. The molecule has 2 saturated carbocycles. The molecule has 0 aliphatic heterocycles. The number of nitrogens with two attached hydrogens (primary N) is 1. The van der Waals surface area contributed by atoms with Crippen LogP contribution in [0.3, 0.4) is 0 Å². The maximum atomic E-state index is 11.6. The third-order valence-electron chi connectivity index (χ3n) is 7.83. The van der Waals surface area contributed by atoms with Gasteiger partial charge in [-0.2, -0.15) is 5.10 Å². The number of Topliss-reactive ketones (excluding diaryl/α,β-unsaturated/α-hetero) is 1. The van der Waals surface area contributed by atoms with Crippen LogP contribution >= 0.6 is 0 Å². The molecular weight excluding hydrogens is 414 g/mol. The van der Waals surface area contributed by atoms with Crippen LogP contribution in [0.15, 0.2) is 34.5 Å². The van der Waals surface area contributed by atoms with Gasteiger partial charge in [0.25, 0.3) is 0 Å². The van der Waals surface area contributed by atoms with Crippen LogP contribution in [0.2, 0.25) is 0 Å². The van der Waals surface area contributed by atoms with Crippen molar-refractivity contribution in [2.75, 3.05) is 13.7 Å². The lowest BCUT2D eigenvalue weighted by Crippen LogP contribution is -2.32. The Bertz CT molecular complexity index is 1020. The number of carbonyl (C=O) groups excluding carboxylic acids is 1. The Morgan fingerprint density at radius 1 is 1.33 bits per heavy atom. The first kappa shape index (κ1) is 24.8. The van der Waals surface area contributed by atoms with Gasteiger partial charge in [-0.25, -0.2) is 5.43 Å². The van der Waals surface area contributed by atoms with E-state index in [1.54, 1.807) is 13.3 Å². The van der Waals surface area contributed by atoms with Crippen molar-refractivity contribution >= 4 is 28.9 Å². The van der Waals surface area contributed by atoms with E-state index in [1.807, 2.05) is 24.4 Å². The molecule has 1 aromatic carbocycles. The zero-order valence-corrected chi connectivity index (χ0v) is 20.7. The Morgan fingerprint density at radius 2 is 2.12 bits per heavy atom. The summed E-state index contributed by atoms with van der Waals surface area (Å²) in [4.78, 5) is 19.0. The second-order valence-corrected chi connectivity index (χ2v) is 9.92. The number of aromatic amines is 1. The largest absolute Gasteiger partial charge is 0.497 e. The first-order valence-corrected chi connectivity index (χ1v) is 12.0. The van der Waals surface area contributed by atoms with E-state index in [2.05, 4.69) is 48.2 Å². The molecule has 180 valence electrons. The highest BCUT2D eigenvalue weighted by Gasteiger charge is 2.61. The molecule has 2 aliphatic rings. The molecule has 0 spiro atoms. The molecule has 4 rings (SSSR count). The normalized spacial score (nSPS) is 23.7. The van der Waals surface area contributed by atoms with Gasteiger partial charge in [-0.3, -0.25) is 9.79 Å². The zero-order chi connectivity index (χ0) is 24.1. The highest BCUT2D eigenvalue weighted by atomic mass is 16.5. The number of hydrogen-bond acceptors (Lipinski definition) is 4. The molecule has 2 atom stereocenters. The van der Waals surface area contributed by atoms with Crippen LogP contribution in [0.25, 0.3) is 10.9 Å². The van der Waals surface area contributed by atoms with Crippen LogP contribution in [0.5, 0.6) is 5.75 Å². The number of rotatable bonds is 7. The number of fused-ring (bicyclic) bond motifs is 3. The highest BCUT2D eigenvalue weighted by Crippen LogP contribution is 2.63. The minimum Gasteiger partial charge on any atom is -0.497 e. The molecule has 1 heterocycles. The molecule has 4 N–H and O–H groups in total. The summed E-state index contributed by atoms with van der Waals surface area (Å²) in [6.07, 6.45) is 10.2. The number of methoxy groups -OCH3 is 1. The van der Waals surface area contributed by atoms with Gasteiger partial charge in [0, 0.05) is 41.0 Å². The standard InChI is InChI=1S/C16H23N5O.C10H16O/c1-3-4-5-8-18-16(17)21-20-11-12-10-19-15-7-6-13(22-2)9-14(12)15;1-9(2)7-4-5-10(9,3)8(11)6-7/h6-7,9-11,19H,3-5,8H2,1-2H3,(H3,17,18,21);7H,4-6H2,1-3H3/b20-11+;. The van der Waals surface area contributed by atoms with E-state index in [4.69, 9.17) is 10.5 Å². The quantitative estimate of drug-likeness (QED) is 0.237. The number of nitrogens with one attached hydrogen (secondary N) is 2.